The lowest BCUT2D eigenvalue weighted by Gasteiger charge is -2.18. The molecule has 86 valence electrons. The Morgan fingerprint density at radius 2 is 2.19 bits per heavy atom. The molecule has 2 nitrogen and oxygen atoms in total. The topological polar surface area (TPSA) is 26.3 Å². The number of Topliss-reactive ketones (excluding diaryl/α,β-unsaturated/α-hetero) is 1. The SMILES string of the molecule is CC(=O)Cc1cc(Br)cc2c1OC(C)(C)C2. The maximum Gasteiger partial charge on any atom is 0.134 e. The largest absolute Gasteiger partial charge is 0.487 e. The Balaban J connectivity index is 2.45. The number of hydrogen-bond donors (Lipinski definition) is 0. The van der Waals surface area contributed by atoms with Gasteiger partial charge in [0.15, 0.2) is 0 Å². The zero-order valence-corrected chi connectivity index (χ0v) is 11.3. The summed E-state index contributed by atoms with van der Waals surface area (Å²) in [5, 5.41) is 0. The molecule has 0 unspecified atom stereocenters. The number of halogens is 1. The highest BCUT2D eigenvalue weighted by atomic mass is 79.9. The van der Waals surface area contributed by atoms with Crippen molar-refractivity contribution in [3.63, 3.8) is 0 Å². The average Bonchev–Trinajstić information content (AvgIpc) is 2.38. The third-order valence-corrected chi connectivity index (χ3v) is 3.10. The van der Waals surface area contributed by atoms with Crippen LogP contribution >= 0.6 is 15.9 Å². The number of rotatable bonds is 2. The highest BCUT2D eigenvalue weighted by molar-refractivity contribution is 9.10. The fourth-order valence-corrected chi connectivity index (χ4v) is 2.70. The minimum absolute atomic E-state index is 0.158. The van der Waals surface area contributed by atoms with Crippen LogP contribution in [0, 0.1) is 0 Å². The van der Waals surface area contributed by atoms with E-state index in [-0.39, 0.29) is 11.4 Å². The first kappa shape index (κ1) is 11.6. The molecule has 1 aromatic rings. The number of ether oxygens (including phenoxy) is 1. The van der Waals surface area contributed by atoms with Gasteiger partial charge in [-0.25, -0.2) is 0 Å². The van der Waals surface area contributed by atoms with Crippen molar-refractivity contribution in [2.24, 2.45) is 0 Å². The highest BCUT2D eigenvalue weighted by Crippen LogP contribution is 2.39. The van der Waals surface area contributed by atoms with Gasteiger partial charge in [0.25, 0.3) is 0 Å². The lowest BCUT2D eigenvalue weighted by atomic mass is 9.99. The quantitative estimate of drug-likeness (QED) is 0.832. The lowest BCUT2D eigenvalue weighted by molar-refractivity contribution is -0.116. The molecule has 0 atom stereocenters. The summed E-state index contributed by atoms with van der Waals surface area (Å²) in [6.07, 6.45) is 1.34. The van der Waals surface area contributed by atoms with E-state index in [0.29, 0.717) is 6.42 Å². The van der Waals surface area contributed by atoms with Crippen LogP contribution in [0.4, 0.5) is 0 Å². The molecule has 0 amide bonds. The second kappa shape index (κ2) is 3.88. The van der Waals surface area contributed by atoms with Gasteiger partial charge in [0.05, 0.1) is 0 Å². The van der Waals surface area contributed by atoms with Gasteiger partial charge in [-0.15, -0.1) is 0 Å². The van der Waals surface area contributed by atoms with Crippen molar-refractivity contribution in [1.82, 2.24) is 0 Å². The molecule has 1 aliphatic heterocycles. The summed E-state index contributed by atoms with van der Waals surface area (Å²) in [6, 6.07) is 4.05. The van der Waals surface area contributed by atoms with Crippen LogP contribution in [0.1, 0.15) is 31.9 Å². The van der Waals surface area contributed by atoms with Gasteiger partial charge in [-0.1, -0.05) is 15.9 Å². The van der Waals surface area contributed by atoms with Crippen LogP contribution in [0.2, 0.25) is 0 Å². The van der Waals surface area contributed by atoms with Crippen molar-refractivity contribution in [2.75, 3.05) is 0 Å². The summed E-state index contributed by atoms with van der Waals surface area (Å²) in [7, 11) is 0. The summed E-state index contributed by atoms with van der Waals surface area (Å²) < 4.78 is 6.93. The molecule has 2 rings (SSSR count). The van der Waals surface area contributed by atoms with Crippen LogP contribution < -0.4 is 4.74 Å². The predicted octanol–water partition coefficient (Wildman–Crippen LogP) is 3.29. The highest BCUT2D eigenvalue weighted by Gasteiger charge is 2.32. The van der Waals surface area contributed by atoms with Gasteiger partial charge in [0, 0.05) is 22.9 Å². The number of carbonyl (C=O) groups is 1. The van der Waals surface area contributed by atoms with Gasteiger partial charge in [-0.2, -0.15) is 0 Å². The molecule has 1 aromatic carbocycles. The van der Waals surface area contributed by atoms with Gasteiger partial charge < -0.3 is 4.74 Å². The van der Waals surface area contributed by atoms with Crippen molar-refractivity contribution in [3.8, 4) is 5.75 Å². The molecule has 0 bridgehead atoms. The molecule has 0 N–H and O–H groups in total. The minimum atomic E-state index is -0.158. The number of ketones is 1. The molecule has 0 saturated heterocycles. The molecular weight excluding hydrogens is 268 g/mol. The van der Waals surface area contributed by atoms with E-state index in [1.807, 2.05) is 6.07 Å². The normalized spacial score (nSPS) is 16.8. The fourth-order valence-electron chi connectivity index (χ4n) is 2.14. The molecule has 16 heavy (non-hydrogen) atoms. The van der Waals surface area contributed by atoms with E-state index in [0.717, 1.165) is 22.2 Å². The predicted molar refractivity (Wildman–Crippen MR) is 66.9 cm³/mol. The van der Waals surface area contributed by atoms with E-state index in [2.05, 4.69) is 35.8 Å². The standard InChI is InChI=1S/C13H15BrO2/c1-8(15)4-9-5-11(14)6-10-7-13(2,3)16-12(9)10/h5-6H,4,7H2,1-3H3. The van der Waals surface area contributed by atoms with Gasteiger partial charge in [-0.05, 0) is 38.5 Å². The molecule has 0 radical (unpaired) electrons. The van der Waals surface area contributed by atoms with Gasteiger partial charge in [0.2, 0.25) is 0 Å². The van der Waals surface area contributed by atoms with Crippen LogP contribution in [0.25, 0.3) is 0 Å². The van der Waals surface area contributed by atoms with Crippen molar-refractivity contribution in [1.29, 1.82) is 0 Å². The summed E-state index contributed by atoms with van der Waals surface area (Å²) in [4.78, 5) is 11.2. The zero-order valence-electron chi connectivity index (χ0n) is 9.76. The van der Waals surface area contributed by atoms with Crippen molar-refractivity contribution in [3.05, 3.63) is 27.7 Å². The average molecular weight is 283 g/mol. The lowest BCUT2D eigenvalue weighted by Crippen LogP contribution is -2.25. The molecular formula is C13H15BrO2. The van der Waals surface area contributed by atoms with Gasteiger partial charge >= 0.3 is 0 Å². The number of hydrogen-bond acceptors (Lipinski definition) is 2. The molecule has 1 aliphatic rings. The third kappa shape index (κ3) is 2.29. The first-order valence-electron chi connectivity index (χ1n) is 5.37. The van der Waals surface area contributed by atoms with Crippen LogP contribution in [0.15, 0.2) is 16.6 Å². The van der Waals surface area contributed by atoms with Crippen molar-refractivity contribution in [2.45, 2.75) is 39.2 Å². The Morgan fingerprint density at radius 1 is 1.50 bits per heavy atom. The van der Waals surface area contributed by atoms with Crippen LogP contribution in [-0.2, 0) is 17.6 Å². The second-order valence-corrected chi connectivity index (χ2v) is 5.89. The van der Waals surface area contributed by atoms with Gasteiger partial charge in [-0.3, -0.25) is 4.79 Å². The van der Waals surface area contributed by atoms with E-state index < -0.39 is 0 Å². The Morgan fingerprint density at radius 3 is 2.81 bits per heavy atom. The maximum absolute atomic E-state index is 11.2. The van der Waals surface area contributed by atoms with Crippen LogP contribution in [0.3, 0.4) is 0 Å². The van der Waals surface area contributed by atoms with E-state index in [1.165, 1.54) is 5.56 Å². The monoisotopic (exact) mass is 282 g/mol. The smallest absolute Gasteiger partial charge is 0.134 e. The first-order valence-corrected chi connectivity index (χ1v) is 6.16. The zero-order chi connectivity index (χ0) is 11.9. The van der Waals surface area contributed by atoms with E-state index >= 15 is 0 Å². The Bertz CT molecular complexity index is 449. The number of carbonyl (C=O) groups excluding carboxylic acids is 1. The molecule has 3 heteroatoms. The Kier molecular flexibility index (Phi) is 2.82. The van der Waals surface area contributed by atoms with E-state index in [9.17, 15) is 4.79 Å². The fraction of sp³-hybridized carbons (Fsp3) is 0.462. The van der Waals surface area contributed by atoms with E-state index in [4.69, 9.17) is 4.74 Å². The third-order valence-electron chi connectivity index (χ3n) is 2.64. The Hall–Kier alpha value is -0.830. The summed E-state index contributed by atoms with van der Waals surface area (Å²) >= 11 is 3.48. The van der Waals surface area contributed by atoms with Crippen molar-refractivity contribution < 1.29 is 9.53 Å². The molecule has 0 aromatic heterocycles. The molecule has 1 heterocycles. The molecule has 0 fully saturated rings. The maximum atomic E-state index is 11.2. The van der Waals surface area contributed by atoms with Gasteiger partial charge in [0.1, 0.15) is 17.1 Å². The first-order chi connectivity index (χ1) is 7.37. The summed E-state index contributed by atoms with van der Waals surface area (Å²) in [5.74, 6) is 1.07. The molecule has 0 aliphatic carbocycles. The second-order valence-electron chi connectivity index (χ2n) is 4.97. The summed E-state index contributed by atoms with van der Waals surface area (Å²) in [5.41, 5.74) is 2.02. The molecule has 0 saturated carbocycles. The van der Waals surface area contributed by atoms with Crippen molar-refractivity contribution >= 4 is 21.7 Å². The van der Waals surface area contributed by atoms with Crippen LogP contribution in [-0.4, -0.2) is 11.4 Å². The van der Waals surface area contributed by atoms with Crippen LogP contribution in [0.5, 0.6) is 5.75 Å². The minimum Gasteiger partial charge on any atom is -0.487 e. The Labute approximate surface area is 104 Å². The number of fused-ring (bicyclic) bond motifs is 1. The summed E-state index contributed by atoms with van der Waals surface area (Å²) in [6.45, 7) is 5.74. The number of benzene rings is 1. The molecule has 0 spiro atoms. The van der Waals surface area contributed by atoms with E-state index in [1.54, 1.807) is 6.92 Å².